The molecule has 0 radical (unpaired) electrons. The molecule has 10 heavy (non-hydrogen) atoms. The predicted octanol–water partition coefficient (Wildman–Crippen LogP) is -0.417. The topological polar surface area (TPSA) is 69.1 Å². The van der Waals surface area contributed by atoms with Crippen molar-refractivity contribution in [2.45, 2.75) is 31.3 Å². The van der Waals surface area contributed by atoms with Gasteiger partial charge in [-0.05, 0) is 19.3 Å². The van der Waals surface area contributed by atoms with E-state index in [4.69, 9.17) is 11.5 Å². The molecule has 4 N–H and O–H groups in total. The molecule has 0 heterocycles. The lowest BCUT2D eigenvalue weighted by Gasteiger charge is -2.25. The van der Waals surface area contributed by atoms with E-state index >= 15 is 0 Å². The molecule has 0 aromatic rings. The Kier molecular flexibility index (Phi) is 2.22. The van der Waals surface area contributed by atoms with Gasteiger partial charge in [-0.1, -0.05) is 0 Å². The van der Waals surface area contributed by atoms with Crippen molar-refractivity contribution in [3.05, 3.63) is 5.57 Å². The highest BCUT2D eigenvalue weighted by molar-refractivity contribution is 5.55. The molecule has 1 aliphatic rings. The average Bonchev–Trinajstić information content (AvgIpc) is 1.95. The molecule has 0 saturated heterocycles. The summed E-state index contributed by atoms with van der Waals surface area (Å²) in [4.78, 5) is 10.2. The molecule has 1 rings (SSSR count). The third kappa shape index (κ3) is 1.27. The van der Waals surface area contributed by atoms with Crippen molar-refractivity contribution < 1.29 is 4.79 Å². The van der Waals surface area contributed by atoms with Gasteiger partial charge in [0.2, 0.25) is 0 Å². The van der Waals surface area contributed by atoms with Gasteiger partial charge >= 0.3 is 0 Å². The Morgan fingerprint density at radius 2 is 2.20 bits per heavy atom. The average molecular weight is 140 g/mol. The summed E-state index contributed by atoms with van der Waals surface area (Å²) in [6, 6.07) is -0.281. The molecule has 56 valence electrons. The van der Waals surface area contributed by atoms with Crippen LogP contribution in [0.4, 0.5) is 0 Å². The number of nitrogens with two attached hydrogens (primary N) is 2. The molecular formula is C7H12N2O. The fourth-order valence-corrected chi connectivity index (χ4v) is 1.25. The quantitative estimate of drug-likeness (QED) is 0.449. The first kappa shape index (κ1) is 7.48. The first-order chi connectivity index (χ1) is 4.75. The Hall–Kier alpha value is -0.630. The number of carbonyl (C=O) groups excluding carboxylic acids is 1. The lowest BCUT2D eigenvalue weighted by Crippen LogP contribution is -2.45. The monoisotopic (exact) mass is 140 g/mol. The van der Waals surface area contributed by atoms with Crippen molar-refractivity contribution in [1.29, 1.82) is 0 Å². The van der Waals surface area contributed by atoms with Crippen molar-refractivity contribution in [3.63, 3.8) is 0 Å². The van der Waals surface area contributed by atoms with E-state index in [-0.39, 0.29) is 12.1 Å². The second-order valence-corrected chi connectivity index (χ2v) is 2.71. The van der Waals surface area contributed by atoms with Gasteiger partial charge in [-0.3, -0.25) is 0 Å². The third-order valence-electron chi connectivity index (χ3n) is 1.98. The Bertz CT molecular complexity index is 172. The SMILES string of the molecule is NC1CCCC(=C=O)C1N. The maximum absolute atomic E-state index is 10.2. The van der Waals surface area contributed by atoms with E-state index in [9.17, 15) is 4.79 Å². The normalized spacial score (nSPS) is 33.6. The largest absolute Gasteiger partial charge is 0.326 e. The van der Waals surface area contributed by atoms with Gasteiger partial charge in [0, 0.05) is 11.6 Å². The van der Waals surface area contributed by atoms with Gasteiger partial charge in [0.25, 0.3) is 0 Å². The van der Waals surface area contributed by atoms with Gasteiger partial charge in [-0.25, -0.2) is 4.79 Å². The number of hydrogen-bond donors (Lipinski definition) is 2. The van der Waals surface area contributed by atoms with E-state index < -0.39 is 0 Å². The first-order valence-electron chi connectivity index (χ1n) is 3.50. The van der Waals surface area contributed by atoms with Crippen LogP contribution in [0.1, 0.15) is 19.3 Å². The van der Waals surface area contributed by atoms with Crippen molar-refractivity contribution in [2.75, 3.05) is 0 Å². The van der Waals surface area contributed by atoms with Crippen molar-refractivity contribution >= 4 is 5.94 Å². The molecule has 0 aromatic carbocycles. The van der Waals surface area contributed by atoms with Gasteiger partial charge in [-0.15, -0.1) is 0 Å². The zero-order valence-electron chi connectivity index (χ0n) is 5.84. The third-order valence-corrected chi connectivity index (χ3v) is 1.98. The first-order valence-corrected chi connectivity index (χ1v) is 3.50. The van der Waals surface area contributed by atoms with E-state index in [1.54, 1.807) is 0 Å². The minimum atomic E-state index is -0.244. The molecule has 0 aromatic heterocycles. The van der Waals surface area contributed by atoms with Crippen LogP contribution in [0.2, 0.25) is 0 Å². The summed E-state index contributed by atoms with van der Waals surface area (Å²) >= 11 is 0. The Labute approximate surface area is 60.1 Å². The predicted molar refractivity (Wildman–Crippen MR) is 39.0 cm³/mol. The zero-order chi connectivity index (χ0) is 7.56. The van der Waals surface area contributed by atoms with Crippen LogP contribution in [-0.4, -0.2) is 18.0 Å². The Morgan fingerprint density at radius 3 is 2.70 bits per heavy atom. The minimum Gasteiger partial charge on any atom is -0.326 e. The summed E-state index contributed by atoms with van der Waals surface area (Å²) < 4.78 is 0. The van der Waals surface area contributed by atoms with Gasteiger partial charge in [-0.2, -0.15) is 0 Å². The maximum atomic E-state index is 10.2. The van der Waals surface area contributed by atoms with Gasteiger partial charge in [0.15, 0.2) is 0 Å². The molecule has 1 saturated carbocycles. The number of rotatable bonds is 0. The van der Waals surface area contributed by atoms with E-state index in [2.05, 4.69) is 0 Å². The van der Waals surface area contributed by atoms with Gasteiger partial charge in [0.05, 0.1) is 6.04 Å². The van der Waals surface area contributed by atoms with E-state index in [0.717, 1.165) is 19.3 Å². The molecule has 3 heteroatoms. The molecule has 0 bridgehead atoms. The smallest absolute Gasteiger partial charge is 0.125 e. The fraction of sp³-hybridized carbons (Fsp3) is 0.714. The van der Waals surface area contributed by atoms with Crippen LogP contribution >= 0.6 is 0 Å². The van der Waals surface area contributed by atoms with E-state index in [1.807, 2.05) is 5.94 Å². The van der Waals surface area contributed by atoms with E-state index in [1.165, 1.54) is 0 Å². The second kappa shape index (κ2) is 2.97. The van der Waals surface area contributed by atoms with Crippen LogP contribution in [0.5, 0.6) is 0 Å². The van der Waals surface area contributed by atoms with Crippen LogP contribution in [0.25, 0.3) is 0 Å². The molecule has 0 amide bonds. The molecular weight excluding hydrogens is 128 g/mol. The highest BCUT2D eigenvalue weighted by Gasteiger charge is 2.22. The Morgan fingerprint density at radius 1 is 1.50 bits per heavy atom. The molecule has 0 spiro atoms. The molecule has 2 atom stereocenters. The molecule has 1 aliphatic carbocycles. The van der Waals surface area contributed by atoms with Crippen molar-refractivity contribution in [1.82, 2.24) is 0 Å². The Balaban J connectivity index is 2.69. The van der Waals surface area contributed by atoms with Gasteiger partial charge < -0.3 is 11.5 Å². The van der Waals surface area contributed by atoms with Crippen LogP contribution in [-0.2, 0) is 4.79 Å². The summed E-state index contributed by atoms with van der Waals surface area (Å²) in [7, 11) is 0. The minimum absolute atomic E-state index is 0.0369. The lowest BCUT2D eigenvalue weighted by atomic mass is 9.88. The van der Waals surface area contributed by atoms with Crippen LogP contribution < -0.4 is 11.5 Å². The van der Waals surface area contributed by atoms with Crippen molar-refractivity contribution in [3.8, 4) is 0 Å². The van der Waals surface area contributed by atoms with Crippen LogP contribution in [0.3, 0.4) is 0 Å². The summed E-state index contributed by atoms with van der Waals surface area (Å²) in [6.07, 6.45) is 2.67. The molecule has 3 nitrogen and oxygen atoms in total. The molecule has 1 fully saturated rings. The number of hydrogen-bond acceptors (Lipinski definition) is 3. The summed E-state index contributed by atoms with van der Waals surface area (Å²) in [5.74, 6) is 1.85. The van der Waals surface area contributed by atoms with Crippen LogP contribution in [0, 0.1) is 0 Å². The van der Waals surface area contributed by atoms with Gasteiger partial charge in [0.1, 0.15) is 5.94 Å². The fourth-order valence-electron chi connectivity index (χ4n) is 1.25. The van der Waals surface area contributed by atoms with Crippen LogP contribution in [0.15, 0.2) is 5.57 Å². The maximum Gasteiger partial charge on any atom is 0.125 e. The molecule has 0 aliphatic heterocycles. The summed E-state index contributed by atoms with van der Waals surface area (Å²) in [5, 5.41) is 0. The van der Waals surface area contributed by atoms with E-state index in [0.29, 0.717) is 5.57 Å². The highest BCUT2D eigenvalue weighted by Crippen LogP contribution is 2.18. The second-order valence-electron chi connectivity index (χ2n) is 2.71. The summed E-state index contributed by atoms with van der Waals surface area (Å²) in [5.41, 5.74) is 11.9. The highest BCUT2D eigenvalue weighted by atomic mass is 16.1. The lowest BCUT2D eigenvalue weighted by molar-refractivity contribution is 0.460. The zero-order valence-corrected chi connectivity index (χ0v) is 5.84. The molecule has 2 unspecified atom stereocenters. The standard InChI is InChI=1S/C7H12N2O/c8-6-3-1-2-5(4-10)7(6)9/h6-7H,1-3,8-9H2. The van der Waals surface area contributed by atoms with Crippen molar-refractivity contribution in [2.24, 2.45) is 11.5 Å². The summed E-state index contributed by atoms with van der Waals surface area (Å²) in [6.45, 7) is 0.